The molecule has 1 aliphatic rings. The maximum Gasteiger partial charge on any atom is 0.328 e. The van der Waals surface area contributed by atoms with E-state index in [-0.39, 0.29) is 5.91 Å². The molecule has 0 bridgehead atoms. The van der Waals surface area contributed by atoms with Crippen molar-refractivity contribution in [2.75, 3.05) is 26.3 Å². The Labute approximate surface area is 123 Å². The van der Waals surface area contributed by atoms with Crippen molar-refractivity contribution in [1.29, 1.82) is 0 Å². The van der Waals surface area contributed by atoms with E-state index in [0.29, 0.717) is 26.3 Å². The number of morpholine rings is 1. The third-order valence-corrected chi connectivity index (χ3v) is 4.23. The van der Waals surface area contributed by atoms with Crippen molar-refractivity contribution in [3.8, 4) is 0 Å². The fraction of sp³-hybridized carbons (Fsp3) is 0.500. The van der Waals surface area contributed by atoms with Gasteiger partial charge >= 0.3 is 5.69 Å². The highest BCUT2D eigenvalue weighted by atomic mass is 35.7. The average Bonchev–Trinajstić information content (AvgIpc) is 2.41. The van der Waals surface area contributed by atoms with Crippen LogP contribution in [0.4, 0.5) is 0 Å². The van der Waals surface area contributed by atoms with Gasteiger partial charge in [-0.3, -0.25) is 19.1 Å². The lowest BCUT2D eigenvalue weighted by molar-refractivity contribution is -0.136. The summed E-state index contributed by atoms with van der Waals surface area (Å²) in [6.45, 7) is 1.17. The second-order valence-electron chi connectivity index (χ2n) is 4.31. The van der Waals surface area contributed by atoms with Crippen LogP contribution in [0.1, 0.15) is 0 Å². The molecule has 0 aliphatic carbocycles. The molecule has 0 atom stereocenters. The van der Waals surface area contributed by atoms with Crippen molar-refractivity contribution in [3.05, 3.63) is 27.0 Å². The number of hydrogen-bond donors (Lipinski definition) is 1. The molecule has 1 saturated heterocycles. The summed E-state index contributed by atoms with van der Waals surface area (Å²) in [6, 6.07) is 0. The van der Waals surface area contributed by atoms with E-state index in [2.05, 4.69) is 0 Å². The molecule has 1 N–H and O–H groups in total. The third-order valence-electron chi connectivity index (χ3n) is 2.91. The first kappa shape index (κ1) is 15.7. The van der Waals surface area contributed by atoms with Gasteiger partial charge in [0.15, 0.2) is 4.90 Å². The van der Waals surface area contributed by atoms with Crippen LogP contribution in [0.3, 0.4) is 0 Å². The van der Waals surface area contributed by atoms with E-state index in [1.165, 1.54) is 4.90 Å². The highest BCUT2D eigenvalue weighted by molar-refractivity contribution is 8.13. The van der Waals surface area contributed by atoms with Crippen molar-refractivity contribution < 1.29 is 17.9 Å². The van der Waals surface area contributed by atoms with Crippen LogP contribution < -0.4 is 11.2 Å². The number of nitrogens with one attached hydrogen (secondary N) is 1. The molecule has 21 heavy (non-hydrogen) atoms. The molecule has 11 heteroatoms. The van der Waals surface area contributed by atoms with Crippen molar-refractivity contribution in [1.82, 2.24) is 14.5 Å². The van der Waals surface area contributed by atoms with Crippen LogP contribution in [0.5, 0.6) is 0 Å². The Hall–Kier alpha value is -1.65. The maximum absolute atomic E-state index is 12.0. The topological polar surface area (TPSA) is 119 Å². The summed E-state index contributed by atoms with van der Waals surface area (Å²) < 4.78 is 28.3. The summed E-state index contributed by atoms with van der Waals surface area (Å²) in [6.07, 6.45) is 0.766. The minimum absolute atomic E-state index is 0.384. The Morgan fingerprint density at radius 3 is 2.52 bits per heavy atom. The van der Waals surface area contributed by atoms with Gasteiger partial charge in [-0.25, -0.2) is 13.2 Å². The van der Waals surface area contributed by atoms with Gasteiger partial charge in [0.25, 0.3) is 14.6 Å². The van der Waals surface area contributed by atoms with E-state index in [0.717, 1.165) is 10.8 Å². The molecule has 1 amide bonds. The third kappa shape index (κ3) is 3.71. The number of ether oxygens (including phenoxy) is 1. The standard InChI is InChI=1S/C10H12ClN3O6S/c11-21(18,19)7-5-14(10(17)12-9(7)16)6-8(15)13-1-3-20-4-2-13/h5H,1-4,6H2,(H,12,16,17). The van der Waals surface area contributed by atoms with Gasteiger partial charge in [-0.15, -0.1) is 0 Å². The number of H-pyrrole nitrogens is 1. The molecule has 2 rings (SSSR count). The zero-order valence-electron chi connectivity index (χ0n) is 10.7. The van der Waals surface area contributed by atoms with Crippen LogP contribution in [-0.4, -0.2) is 55.1 Å². The highest BCUT2D eigenvalue weighted by Crippen LogP contribution is 2.07. The van der Waals surface area contributed by atoms with E-state index in [4.69, 9.17) is 15.4 Å². The van der Waals surface area contributed by atoms with E-state index in [1.807, 2.05) is 4.98 Å². The fourth-order valence-electron chi connectivity index (χ4n) is 1.84. The van der Waals surface area contributed by atoms with Gasteiger partial charge in [-0.1, -0.05) is 0 Å². The van der Waals surface area contributed by atoms with Crippen LogP contribution in [0, 0.1) is 0 Å². The Morgan fingerprint density at radius 2 is 1.95 bits per heavy atom. The van der Waals surface area contributed by atoms with Crippen LogP contribution in [0.25, 0.3) is 0 Å². The van der Waals surface area contributed by atoms with Gasteiger partial charge in [-0.2, -0.15) is 0 Å². The summed E-state index contributed by atoms with van der Waals surface area (Å²) in [5.74, 6) is -0.384. The van der Waals surface area contributed by atoms with Gasteiger partial charge < -0.3 is 9.64 Å². The number of aromatic nitrogens is 2. The molecule has 1 aromatic heterocycles. The zero-order valence-corrected chi connectivity index (χ0v) is 12.3. The van der Waals surface area contributed by atoms with Gasteiger partial charge in [0.2, 0.25) is 5.91 Å². The molecule has 0 unspecified atom stereocenters. The zero-order chi connectivity index (χ0) is 15.6. The second-order valence-corrected chi connectivity index (χ2v) is 6.85. The number of hydrogen-bond acceptors (Lipinski definition) is 6. The smallest absolute Gasteiger partial charge is 0.328 e. The van der Waals surface area contributed by atoms with Gasteiger partial charge in [0.1, 0.15) is 6.54 Å². The Bertz CT molecular complexity index is 762. The van der Waals surface area contributed by atoms with E-state index in [9.17, 15) is 22.8 Å². The molecule has 0 aromatic carbocycles. The minimum Gasteiger partial charge on any atom is -0.378 e. The van der Waals surface area contributed by atoms with Gasteiger partial charge in [0, 0.05) is 30.0 Å². The van der Waals surface area contributed by atoms with Crippen molar-refractivity contribution in [2.24, 2.45) is 0 Å². The number of halogens is 1. The number of carbonyl (C=O) groups excluding carboxylic acids is 1. The first-order valence-corrected chi connectivity index (χ1v) is 8.24. The van der Waals surface area contributed by atoms with Crippen molar-refractivity contribution >= 4 is 25.6 Å². The second kappa shape index (κ2) is 6.00. The number of amides is 1. The molecule has 9 nitrogen and oxygen atoms in total. The van der Waals surface area contributed by atoms with Gasteiger partial charge in [-0.05, 0) is 0 Å². The van der Waals surface area contributed by atoms with Gasteiger partial charge in [0.05, 0.1) is 13.2 Å². The molecule has 1 fully saturated rings. The molecule has 1 aromatic rings. The molecular formula is C10H12ClN3O6S. The quantitative estimate of drug-likeness (QED) is 0.658. The molecular weight excluding hydrogens is 326 g/mol. The largest absolute Gasteiger partial charge is 0.378 e. The SMILES string of the molecule is O=C(Cn1cc(S(=O)(=O)Cl)c(=O)[nH]c1=O)N1CCOCC1. The highest BCUT2D eigenvalue weighted by Gasteiger charge is 2.21. The lowest BCUT2D eigenvalue weighted by Crippen LogP contribution is -2.44. The normalized spacial score (nSPS) is 16.0. The van der Waals surface area contributed by atoms with Crippen molar-refractivity contribution in [2.45, 2.75) is 11.4 Å². The van der Waals surface area contributed by atoms with Crippen LogP contribution in [-0.2, 0) is 25.1 Å². The predicted molar refractivity (Wildman–Crippen MR) is 71.8 cm³/mol. The number of aromatic amines is 1. The van der Waals surface area contributed by atoms with E-state index in [1.54, 1.807) is 0 Å². The molecule has 0 saturated carbocycles. The minimum atomic E-state index is -4.31. The summed E-state index contributed by atoms with van der Waals surface area (Å²) in [5, 5.41) is 0. The summed E-state index contributed by atoms with van der Waals surface area (Å²) in [5.41, 5.74) is -2.00. The van der Waals surface area contributed by atoms with Crippen LogP contribution in [0.15, 0.2) is 20.7 Å². The Kier molecular flexibility index (Phi) is 4.49. The van der Waals surface area contributed by atoms with E-state index < -0.39 is 31.7 Å². The van der Waals surface area contributed by atoms with E-state index >= 15 is 0 Å². The first-order chi connectivity index (χ1) is 9.79. The molecule has 2 heterocycles. The lowest BCUT2D eigenvalue weighted by Gasteiger charge is -2.27. The molecule has 1 aliphatic heterocycles. The van der Waals surface area contributed by atoms with Crippen LogP contribution >= 0.6 is 10.7 Å². The number of rotatable bonds is 3. The van der Waals surface area contributed by atoms with Crippen molar-refractivity contribution in [3.63, 3.8) is 0 Å². The number of nitrogens with zero attached hydrogens (tertiary/aromatic N) is 2. The maximum atomic E-state index is 12.0. The number of carbonyl (C=O) groups is 1. The fourth-order valence-corrected chi connectivity index (χ4v) is 2.69. The summed E-state index contributed by atoms with van der Waals surface area (Å²) >= 11 is 0. The Balaban J connectivity index is 2.30. The summed E-state index contributed by atoms with van der Waals surface area (Å²) in [7, 11) is 0.789. The Morgan fingerprint density at radius 1 is 1.33 bits per heavy atom. The lowest BCUT2D eigenvalue weighted by atomic mass is 10.4. The van der Waals surface area contributed by atoms with Crippen LogP contribution in [0.2, 0.25) is 0 Å². The molecule has 116 valence electrons. The summed E-state index contributed by atoms with van der Waals surface area (Å²) in [4.78, 5) is 37.5. The molecule has 0 spiro atoms. The first-order valence-electron chi connectivity index (χ1n) is 5.93. The average molecular weight is 338 g/mol. The monoisotopic (exact) mass is 337 g/mol. The molecule has 0 radical (unpaired) electrons. The predicted octanol–water partition coefficient (Wildman–Crippen LogP) is -1.68.